The maximum Gasteiger partial charge on any atom is 0.123 e. The Morgan fingerprint density at radius 3 is 2.18 bits per heavy atom. The molecule has 0 bridgehead atoms. The number of phenolic OH excluding ortho intramolecular Hbond substituents is 1. The number of hydrogen-bond acceptors (Lipinski definition) is 4. The number of hydrogen-bond donors (Lipinski definition) is 1. The molecule has 1 saturated heterocycles. The number of benzene rings is 3. The first-order chi connectivity index (χ1) is 18.6. The molecule has 1 saturated carbocycles. The van der Waals surface area contributed by atoms with Crippen LogP contribution in [-0.2, 0) is 6.42 Å². The van der Waals surface area contributed by atoms with E-state index in [9.17, 15) is 13.9 Å². The van der Waals surface area contributed by atoms with Gasteiger partial charge in [0.25, 0.3) is 0 Å². The van der Waals surface area contributed by atoms with E-state index in [0.29, 0.717) is 12.2 Å². The van der Waals surface area contributed by atoms with Gasteiger partial charge in [-0.3, -0.25) is 9.29 Å². The van der Waals surface area contributed by atoms with Crippen molar-refractivity contribution in [3.63, 3.8) is 0 Å². The second-order valence-electron chi connectivity index (χ2n) is 10.1. The van der Waals surface area contributed by atoms with Gasteiger partial charge in [-0.15, -0.1) is 0 Å². The topological polar surface area (TPSA) is 35.9 Å². The highest BCUT2D eigenvalue weighted by atomic mass is 19.1. The lowest BCUT2D eigenvalue weighted by Crippen LogP contribution is -2.33. The van der Waals surface area contributed by atoms with Crippen LogP contribution >= 0.6 is 0 Å². The Morgan fingerprint density at radius 1 is 0.868 bits per heavy atom. The molecule has 200 valence electrons. The first kappa shape index (κ1) is 26.2. The Morgan fingerprint density at radius 2 is 1.55 bits per heavy atom. The van der Waals surface area contributed by atoms with Gasteiger partial charge in [0.15, 0.2) is 0 Å². The summed E-state index contributed by atoms with van der Waals surface area (Å²) in [4.78, 5) is 4.60. The van der Waals surface area contributed by atoms with Gasteiger partial charge in [-0.2, -0.15) is 0 Å². The minimum atomic E-state index is -0.554. The highest BCUT2D eigenvalue weighted by molar-refractivity contribution is 5.91. The first-order valence-electron chi connectivity index (χ1n) is 13.7. The van der Waals surface area contributed by atoms with E-state index in [4.69, 9.17) is 4.74 Å². The fourth-order valence-electron chi connectivity index (χ4n) is 5.34. The van der Waals surface area contributed by atoms with Crippen molar-refractivity contribution in [2.24, 2.45) is 0 Å². The number of phenols is 1. The first-order valence-corrected chi connectivity index (χ1v) is 13.7. The Labute approximate surface area is 224 Å². The number of ether oxygens (including phenoxy) is 1. The smallest absolute Gasteiger partial charge is 0.123 e. The minimum Gasteiger partial charge on any atom is -0.508 e. The number of allylic oxidation sites excluding steroid dienone is 1. The predicted octanol–water partition coefficient (Wildman–Crippen LogP) is 7.64. The Kier molecular flexibility index (Phi) is 8.59. The van der Waals surface area contributed by atoms with E-state index in [2.05, 4.69) is 9.80 Å². The number of aromatic hydroxyl groups is 1. The summed E-state index contributed by atoms with van der Waals surface area (Å²) in [6, 6.07) is 19.8. The molecule has 0 atom stereocenters. The molecular weight excluding hydrogens is 482 g/mol. The molecular formula is C32H36F2N2O2. The Balaban J connectivity index is 1.47. The van der Waals surface area contributed by atoms with E-state index >= 15 is 0 Å². The highest BCUT2D eigenvalue weighted by Gasteiger charge is 2.26. The molecule has 0 aromatic heterocycles. The van der Waals surface area contributed by atoms with Gasteiger partial charge < -0.3 is 14.7 Å². The molecule has 0 amide bonds. The summed E-state index contributed by atoms with van der Waals surface area (Å²) in [5.41, 5.74) is 5.50. The second-order valence-corrected chi connectivity index (χ2v) is 10.1. The van der Waals surface area contributed by atoms with Crippen LogP contribution in [0.25, 0.3) is 5.70 Å². The van der Waals surface area contributed by atoms with Crippen molar-refractivity contribution < 1.29 is 18.6 Å². The fourth-order valence-corrected chi connectivity index (χ4v) is 5.34. The zero-order valence-corrected chi connectivity index (χ0v) is 21.8. The predicted molar refractivity (Wildman–Crippen MR) is 149 cm³/mol. The van der Waals surface area contributed by atoms with Crippen LogP contribution < -0.4 is 9.64 Å². The normalized spacial score (nSPS) is 15.7. The highest BCUT2D eigenvalue weighted by Crippen LogP contribution is 2.43. The largest absolute Gasteiger partial charge is 0.508 e. The maximum atomic E-state index is 14.2. The zero-order chi connectivity index (χ0) is 26.3. The van der Waals surface area contributed by atoms with Crippen LogP contribution in [-0.4, -0.2) is 42.9 Å². The lowest BCUT2D eigenvalue weighted by molar-refractivity contribution is 0.183. The van der Waals surface area contributed by atoms with Crippen molar-refractivity contribution in [2.75, 3.05) is 37.8 Å². The summed E-state index contributed by atoms with van der Waals surface area (Å²) >= 11 is 0. The van der Waals surface area contributed by atoms with Gasteiger partial charge in [0, 0.05) is 29.9 Å². The van der Waals surface area contributed by atoms with Gasteiger partial charge >= 0.3 is 0 Å². The van der Waals surface area contributed by atoms with Crippen molar-refractivity contribution in [1.82, 2.24) is 4.90 Å². The summed E-state index contributed by atoms with van der Waals surface area (Å²) < 4.78 is 33.8. The van der Waals surface area contributed by atoms with Crippen molar-refractivity contribution >= 4 is 17.1 Å². The summed E-state index contributed by atoms with van der Waals surface area (Å²) in [7, 11) is 0. The molecule has 2 fully saturated rings. The molecule has 38 heavy (non-hydrogen) atoms. The molecule has 1 heterocycles. The molecule has 1 aliphatic heterocycles. The van der Waals surface area contributed by atoms with Gasteiger partial charge in [-0.05, 0) is 123 Å². The number of rotatable bonds is 10. The molecule has 3 aromatic carbocycles. The van der Waals surface area contributed by atoms with E-state index < -0.39 is 6.67 Å². The average molecular weight is 519 g/mol. The van der Waals surface area contributed by atoms with Gasteiger partial charge in [0.2, 0.25) is 0 Å². The lowest BCUT2D eigenvalue weighted by Gasteiger charge is -2.34. The molecule has 6 heteroatoms. The van der Waals surface area contributed by atoms with Crippen LogP contribution in [0.15, 0.2) is 72.3 Å². The van der Waals surface area contributed by atoms with Gasteiger partial charge in [-0.25, -0.2) is 4.39 Å². The molecule has 1 N–H and O–H groups in total. The number of nitrogens with zero attached hydrogens (tertiary/aromatic N) is 2. The average Bonchev–Trinajstić information content (AvgIpc) is 2.90. The van der Waals surface area contributed by atoms with Gasteiger partial charge in [-0.1, -0.05) is 6.42 Å². The second kappa shape index (κ2) is 12.4. The summed E-state index contributed by atoms with van der Waals surface area (Å²) in [5.74, 6) is 0.635. The number of aryl methyl sites for hydroxylation is 1. The van der Waals surface area contributed by atoms with Crippen LogP contribution in [0.3, 0.4) is 0 Å². The molecule has 0 radical (unpaired) electrons. The lowest BCUT2D eigenvalue weighted by atomic mass is 9.85. The third kappa shape index (κ3) is 6.18. The minimum absolute atomic E-state index is 0.150. The number of halogens is 2. The van der Waals surface area contributed by atoms with Crippen LogP contribution in [0.4, 0.5) is 20.2 Å². The van der Waals surface area contributed by atoms with E-state index in [1.165, 1.54) is 37.0 Å². The molecule has 2 aliphatic rings. The standard InChI is InChI=1S/C32H36F2N2O2/c33-18-17-25-23-26(34)7-16-31(25)32(24-5-4-6-24)36(27-8-12-29(37)13-9-27)28-10-14-30(15-11-28)38-22-21-35-19-2-1-3-20-35/h7-16,23,37H,1-6,17-22H2. The molecule has 4 nitrogen and oxygen atoms in total. The molecule has 3 aromatic rings. The number of likely N-dealkylation sites (tertiary alicyclic amines) is 1. The van der Waals surface area contributed by atoms with Crippen molar-refractivity contribution in [3.05, 3.63) is 89.2 Å². The third-order valence-electron chi connectivity index (χ3n) is 7.53. The third-order valence-corrected chi connectivity index (χ3v) is 7.53. The number of piperidine rings is 1. The van der Waals surface area contributed by atoms with Crippen molar-refractivity contribution in [3.8, 4) is 11.5 Å². The summed E-state index contributed by atoms with van der Waals surface area (Å²) in [6.45, 7) is 3.32. The molecule has 1 aliphatic carbocycles. The van der Waals surface area contributed by atoms with Gasteiger partial charge in [0.1, 0.15) is 23.9 Å². The van der Waals surface area contributed by atoms with E-state index in [-0.39, 0.29) is 18.0 Å². The molecule has 0 spiro atoms. The van der Waals surface area contributed by atoms with Crippen LogP contribution in [0.2, 0.25) is 0 Å². The molecule has 5 rings (SSSR count). The maximum absolute atomic E-state index is 14.2. The van der Waals surface area contributed by atoms with E-state index in [1.807, 2.05) is 36.4 Å². The molecule has 0 unspecified atom stereocenters. The fraction of sp³-hybridized carbons (Fsp3) is 0.375. The van der Waals surface area contributed by atoms with E-state index in [1.54, 1.807) is 18.2 Å². The Bertz CT molecular complexity index is 1230. The quantitative estimate of drug-likeness (QED) is 0.299. The summed E-state index contributed by atoms with van der Waals surface area (Å²) in [6.07, 6.45) is 6.97. The summed E-state index contributed by atoms with van der Waals surface area (Å²) in [5, 5.41) is 9.95. The zero-order valence-electron chi connectivity index (χ0n) is 21.8. The number of anilines is 2. The van der Waals surface area contributed by atoms with Crippen molar-refractivity contribution in [2.45, 2.75) is 44.9 Å². The monoisotopic (exact) mass is 518 g/mol. The van der Waals surface area contributed by atoms with E-state index in [0.717, 1.165) is 67.3 Å². The SMILES string of the molecule is Oc1ccc(N(C(=C2CCC2)c2ccc(F)cc2CCF)c2ccc(OCCN3CCCCC3)cc2)cc1. The van der Waals surface area contributed by atoms with Crippen LogP contribution in [0, 0.1) is 5.82 Å². The number of alkyl halides is 1. The van der Waals surface area contributed by atoms with Crippen LogP contribution in [0.5, 0.6) is 11.5 Å². The van der Waals surface area contributed by atoms with Crippen LogP contribution in [0.1, 0.15) is 49.7 Å². The van der Waals surface area contributed by atoms with Crippen molar-refractivity contribution in [1.29, 1.82) is 0 Å². The van der Waals surface area contributed by atoms with Gasteiger partial charge in [0.05, 0.1) is 12.4 Å². The Hall–Kier alpha value is -3.38.